The van der Waals surface area contributed by atoms with Crippen LogP contribution in [-0.2, 0) is 19.1 Å². The van der Waals surface area contributed by atoms with Crippen LogP contribution in [0.5, 0.6) is 0 Å². The molecule has 1 aliphatic heterocycles. The van der Waals surface area contributed by atoms with E-state index < -0.39 is 0 Å². The third-order valence-corrected chi connectivity index (χ3v) is 5.55. The number of amides is 1. The number of rotatable bonds is 9. The Labute approximate surface area is 166 Å². The molecule has 0 N–H and O–H groups in total. The lowest BCUT2D eigenvalue weighted by atomic mass is 9.87. The molecule has 1 unspecified atom stereocenters. The number of Topliss-reactive ketones (excluding diaryl/α,β-unsaturated/α-hetero) is 1. The van der Waals surface area contributed by atoms with Crippen molar-refractivity contribution >= 4 is 11.7 Å². The zero-order chi connectivity index (χ0) is 19.9. The third kappa shape index (κ3) is 11.5. The highest BCUT2D eigenvalue weighted by atomic mass is 16.5. The second-order valence-corrected chi connectivity index (χ2v) is 7.84. The maximum absolute atomic E-state index is 11.8. The Hall–Kier alpha value is -0.940. The molecule has 2 rings (SSSR count). The number of nitrogens with zero attached hydrogens (tertiary/aromatic N) is 1. The lowest BCUT2D eigenvalue weighted by Gasteiger charge is -2.26. The fourth-order valence-corrected chi connectivity index (χ4v) is 3.50. The summed E-state index contributed by atoms with van der Waals surface area (Å²) in [6.45, 7) is 9.44. The number of ether oxygens (including phenoxy) is 2. The van der Waals surface area contributed by atoms with Crippen molar-refractivity contribution in [1.29, 1.82) is 0 Å². The van der Waals surface area contributed by atoms with Gasteiger partial charge in [-0.3, -0.25) is 9.59 Å². The first-order chi connectivity index (χ1) is 13.0. The van der Waals surface area contributed by atoms with Gasteiger partial charge in [0.1, 0.15) is 5.78 Å². The monoisotopic (exact) mass is 383 g/mol. The average molecular weight is 384 g/mol. The summed E-state index contributed by atoms with van der Waals surface area (Å²) >= 11 is 0. The van der Waals surface area contributed by atoms with E-state index in [0.717, 1.165) is 45.2 Å². The average Bonchev–Trinajstić information content (AvgIpc) is 2.72. The van der Waals surface area contributed by atoms with E-state index in [1.807, 2.05) is 4.90 Å². The van der Waals surface area contributed by atoms with Crippen LogP contribution in [-0.4, -0.2) is 55.6 Å². The van der Waals surface area contributed by atoms with Crippen LogP contribution in [0, 0.1) is 5.92 Å². The van der Waals surface area contributed by atoms with Gasteiger partial charge in [0.05, 0.1) is 32.3 Å². The highest BCUT2D eigenvalue weighted by molar-refractivity contribution is 5.78. The van der Waals surface area contributed by atoms with E-state index >= 15 is 0 Å². The second kappa shape index (κ2) is 15.0. The molecular weight excluding hydrogens is 342 g/mol. The summed E-state index contributed by atoms with van der Waals surface area (Å²) in [6, 6.07) is 0. The maximum atomic E-state index is 11.8. The normalized spacial score (nSPS) is 19.1. The molecule has 1 saturated carbocycles. The highest BCUT2D eigenvalue weighted by Gasteiger charge is 2.17. The van der Waals surface area contributed by atoms with Crippen molar-refractivity contribution in [1.82, 2.24) is 4.90 Å². The van der Waals surface area contributed by atoms with Gasteiger partial charge in [-0.1, -0.05) is 26.2 Å². The molecular formula is C22H41NO4. The van der Waals surface area contributed by atoms with Crippen molar-refractivity contribution in [2.75, 3.05) is 32.9 Å². The first-order valence-electron chi connectivity index (χ1n) is 11.0. The van der Waals surface area contributed by atoms with Gasteiger partial charge in [-0.05, 0) is 52.4 Å². The van der Waals surface area contributed by atoms with E-state index in [-0.39, 0.29) is 5.91 Å². The number of carbonyl (C=O) groups is 2. The molecule has 1 amide bonds. The summed E-state index contributed by atoms with van der Waals surface area (Å²) in [5.41, 5.74) is 0. The molecule has 5 heteroatoms. The van der Waals surface area contributed by atoms with Crippen LogP contribution in [0.3, 0.4) is 0 Å². The molecule has 1 saturated heterocycles. The van der Waals surface area contributed by atoms with Crippen molar-refractivity contribution < 1.29 is 19.1 Å². The maximum Gasteiger partial charge on any atom is 0.224 e. The Morgan fingerprint density at radius 2 is 1.59 bits per heavy atom. The van der Waals surface area contributed by atoms with E-state index in [2.05, 4.69) is 13.8 Å². The summed E-state index contributed by atoms with van der Waals surface area (Å²) in [6.07, 6.45) is 11.5. The van der Waals surface area contributed by atoms with Crippen LogP contribution >= 0.6 is 0 Å². The highest BCUT2D eigenvalue weighted by Crippen LogP contribution is 2.23. The summed E-state index contributed by atoms with van der Waals surface area (Å²) in [5.74, 6) is 1.05. The molecule has 0 spiro atoms. The van der Waals surface area contributed by atoms with Crippen LogP contribution in [0.1, 0.15) is 85.0 Å². The first kappa shape index (κ1) is 24.1. The van der Waals surface area contributed by atoms with Crippen LogP contribution < -0.4 is 0 Å². The van der Waals surface area contributed by atoms with Gasteiger partial charge in [0.2, 0.25) is 5.91 Å². The van der Waals surface area contributed by atoms with Crippen LogP contribution in [0.2, 0.25) is 0 Å². The molecule has 5 nitrogen and oxygen atoms in total. The topological polar surface area (TPSA) is 55.8 Å². The Balaban J connectivity index is 0.000000337. The predicted octanol–water partition coefficient (Wildman–Crippen LogP) is 4.38. The zero-order valence-corrected chi connectivity index (χ0v) is 17.8. The minimum Gasteiger partial charge on any atom is -0.379 e. The molecule has 27 heavy (non-hydrogen) atoms. The largest absolute Gasteiger partial charge is 0.379 e. The molecule has 0 bridgehead atoms. The molecule has 1 atom stereocenters. The molecule has 1 heterocycles. The summed E-state index contributed by atoms with van der Waals surface area (Å²) in [4.78, 5) is 24.6. The van der Waals surface area contributed by atoms with Crippen molar-refractivity contribution in [2.45, 2.75) is 91.1 Å². The second-order valence-electron chi connectivity index (χ2n) is 7.84. The number of ketones is 1. The number of hydrogen-bond donors (Lipinski definition) is 0. The molecule has 0 aromatic rings. The van der Waals surface area contributed by atoms with Gasteiger partial charge in [0.25, 0.3) is 0 Å². The molecule has 2 fully saturated rings. The van der Waals surface area contributed by atoms with E-state index in [9.17, 15) is 9.59 Å². The number of likely N-dealkylation sites (tertiary alicyclic amines) is 1. The summed E-state index contributed by atoms with van der Waals surface area (Å²) in [7, 11) is 0. The van der Waals surface area contributed by atoms with Gasteiger partial charge < -0.3 is 14.4 Å². The van der Waals surface area contributed by atoms with Crippen molar-refractivity contribution in [3.63, 3.8) is 0 Å². The molecule has 1 aliphatic carbocycles. The summed E-state index contributed by atoms with van der Waals surface area (Å²) < 4.78 is 10.9. The van der Waals surface area contributed by atoms with Gasteiger partial charge in [-0.15, -0.1) is 0 Å². The van der Waals surface area contributed by atoms with Crippen molar-refractivity contribution in [2.24, 2.45) is 5.92 Å². The Bertz CT molecular complexity index is 401. The van der Waals surface area contributed by atoms with Crippen LogP contribution in [0.4, 0.5) is 0 Å². The van der Waals surface area contributed by atoms with Gasteiger partial charge in [-0.2, -0.15) is 0 Å². The fourth-order valence-electron chi connectivity index (χ4n) is 3.50. The molecule has 0 radical (unpaired) electrons. The first-order valence-corrected chi connectivity index (χ1v) is 11.0. The van der Waals surface area contributed by atoms with E-state index in [0.29, 0.717) is 44.0 Å². The molecule has 0 aromatic heterocycles. The number of piperidine rings is 1. The minimum absolute atomic E-state index is 0.234. The van der Waals surface area contributed by atoms with Gasteiger partial charge in [0, 0.05) is 19.0 Å². The lowest BCUT2D eigenvalue weighted by molar-refractivity contribution is -0.133. The Morgan fingerprint density at radius 3 is 2.15 bits per heavy atom. The van der Waals surface area contributed by atoms with Gasteiger partial charge >= 0.3 is 0 Å². The zero-order valence-electron chi connectivity index (χ0n) is 17.8. The molecule has 158 valence electrons. The minimum atomic E-state index is 0.234. The van der Waals surface area contributed by atoms with E-state index in [1.165, 1.54) is 25.7 Å². The summed E-state index contributed by atoms with van der Waals surface area (Å²) in [5, 5.41) is 0. The van der Waals surface area contributed by atoms with Crippen molar-refractivity contribution in [3.05, 3.63) is 0 Å². The standard InChI is InChI=1S/C14H27NO3.C8H14O/c1-3-13(2)18-12-11-17-10-7-14(16)15-8-5-4-6-9-15;1-7(9)8-5-3-2-4-6-8/h13H,3-12H2,1-2H3;8H,2-6H2,1H3. The fraction of sp³-hybridized carbons (Fsp3) is 0.909. The predicted molar refractivity (Wildman–Crippen MR) is 109 cm³/mol. The Kier molecular flexibility index (Phi) is 13.4. The van der Waals surface area contributed by atoms with E-state index in [1.54, 1.807) is 6.92 Å². The Morgan fingerprint density at radius 1 is 0.963 bits per heavy atom. The number of carbonyl (C=O) groups excluding carboxylic acids is 2. The molecule has 0 aromatic carbocycles. The third-order valence-electron chi connectivity index (χ3n) is 5.55. The quantitative estimate of drug-likeness (QED) is 0.555. The van der Waals surface area contributed by atoms with Crippen LogP contribution in [0.15, 0.2) is 0 Å². The number of hydrogen-bond acceptors (Lipinski definition) is 4. The molecule has 2 aliphatic rings. The lowest BCUT2D eigenvalue weighted by Crippen LogP contribution is -2.36. The smallest absolute Gasteiger partial charge is 0.224 e. The van der Waals surface area contributed by atoms with E-state index in [4.69, 9.17) is 9.47 Å². The SMILES string of the molecule is CC(=O)C1CCCCC1.CCC(C)OCCOCCC(=O)N1CCCCC1. The van der Waals surface area contributed by atoms with Crippen molar-refractivity contribution in [3.8, 4) is 0 Å². The van der Waals surface area contributed by atoms with Gasteiger partial charge in [0.15, 0.2) is 0 Å². The van der Waals surface area contributed by atoms with Crippen LogP contribution in [0.25, 0.3) is 0 Å². The van der Waals surface area contributed by atoms with Gasteiger partial charge in [-0.25, -0.2) is 0 Å².